The molecular weight excluding hydrogens is 334 g/mol. The van der Waals surface area contributed by atoms with E-state index < -0.39 is 17.5 Å². The SMILES string of the molecule is COc1ccccc1[C@@H]1[C@H](C)N[C@]2(C(=O)Nc3ccccc32)[C@@H]1[N+](=O)[O-]. The van der Waals surface area contributed by atoms with Crippen molar-refractivity contribution in [3.05, 3.63) is 69.8 Å². The molecule has 0 unspecified atom stereocenters. The molecule has 26 heavy (non-hydrogen) atoms. The van der Waals surface area contributed by atoms with Crippen LogP contribution in [0, 0.1) is 10.1 Å². The van der Waals surface area contributed by atoms with Crippen molar-refractivity contribution in [3.8, 4) is 5.75 Å². The van der Waals surface area contributed by atoms with Gasteiger partial charge in [0, 0.05) is 27.8 Å². The van der Waals surface area contributed by atoms with E-state index in [9.17, 15) is 14.9 Å². The third kappa shape index (κ3) is 2.07. The second kappa shape index (κ2) is 5.81. The molecule has 2 aliphatic rings. The van der Waals surface area contributed by atoms with E-state index in [-0.39, 0.29) is 16.9 Å². The fraction of sp³-hybridized carbons (Fsp3) is 0.316. The molecule has 2 N–H and O–H groups in total. The Kier molecular flexibility index (Phi) is 3.69. The lowest BCUT2D eigenvalue weighted by atomic mass is 9.78. The highest BCUT2D eigenvalue weighted by Crippen LogP contribution is 2.50. The van der Waals surface area contributed by atoms with Crippen LogP contribution in [0.25, 0.3) is 0 Å². The van der Waals surface area contributed by atoms with Gasteiger partial charge in [-0.25, -0.2) is 0 Å². The summed E-state index contributed by atoms with van der Waals surface area (Å²) in [6.45, 7) is 1.87. The fourth-order valence-corrected chi connectivity index (χ4v) is 4.46. The fourth-order valence-electron chi connectivity index (χ4n) is 4.46. The average molecular weight is 353 g/mol. The van der Waals surface area contributed by atoms with Crippen LogP contribution in [-0.4, -0.2) is 30.0 Å². The third-order valence-corrected chi connectivity index (χ3v) is 5.46. The highest BCUT2D eigenvalue weighted by Gasteiger charge is 2.67. The maximum absolute atomic E-state index is 12.9. The lowest BCUT2D eigenvalue weighted by molar-refractivity contribution is -0.532. The van der Waals surface area contributed by atoms with Gasteiger partial charge in [-0.3, -0.25) is 20.2 Å². The molecular formula is C19H19N3O4. The minimum atomic E-state index is -1.40. The van der Waals surface area contributed by atoms with Gasteiger partial charge in [0.25, 0.3) is 11.9 Å². The van der Waals surface area contributed by atoms with Gasteiger partial charge in [0.1, 0.15) is 5.75 Å². The normalized spacial score (nSPS) is 29.5. The maximum Gasteiger partial charge on any atom is 0.256 e. The van der Waals surface area contributed by atoms with Gasteiger partial charge in [-0.15, -0.1) is 0 Å². The van der Waals surface area contributed by atoms with Crippen molar-refractivity contribution in [1.29, 1.82) is 0 Å². The minimum absolute atomic E-state index is 0.293. The Balaban J connectivity index is 1.92. The second-order valence-electron chi connectivity index (χ2n) is 6.74. The molecule has 0 bridgehead atoms. The molecule has 1 fully saturated rings. The Hall–Kier alpha value is -2.93. The van der Waals surface area contributed by atoms with Gasteiger partial charge in [0.05, 0.1) is 13.0 Å². The summed E-state index contributed by atoms with van der Waals surface area (Å²) in [5, 5.41) is 18.2. The van der Waals surface area contributed by atoms with Crippen LogP contribution in [0.4, 0.5) is 5.69 Å². The molecule has 0 saturated carbocycles. The van der Waals surface area contributed by atoms with Crippen LogP contribution in [-0.2, 0) is 10.3 Å². The van der Waals surface area contributed by atoms with Gasteiger partial charge in [-0.2, -0.15) is 0 Å². The summed E-state index contributed by atoms with van der Waals surface area (Å²) in [6, 6.07) is 12.9. The number of methoxy groups -OCH3 is 1. The molecule has 1 amide bonds. The van der Waals surface area contributed by atoms with E-state index in [2.05, 4.69) is 10.6 Å². The van der Waals surface area contributed by atoms with E-state index in [1.807, 2.05) is 25.1 Å². The second-order valence-corrected chi connectivity index (χ2v) is 6.74. The molecule has 1 saturated heterocycles. The molecule has 2 aliphatic heterocycles. The number of anilines is 1. The molecule has 2 aromatic carbocycles. The van der Waals surface area contributed by atoms with Gasteiger partial charge in [-0.1, -0.05) is 36.4 Å². The van der Waals surface area contributed by atoms with E-state index >= 15 is 0 Å². The minimum Gasteiger partial charge on any atom is -0.496 e. The van der Waals surface area contributed by atoms with Crippen molar-refractivity contribution in [3.63, 3.8) is 0 Å². The molecule has 2 heterocycles. The summed E-state index contributed by atoms with van der Waals surface area (Å²) in [6.07, 6.45) is 0. The van der Waals surface area contributed by atoms with Crippen molar-refractivity contribution in [2.75, 3.05) is 12.4 Å². The first kappa shape index (κ1) is 16.5. The molecule has 7 heteroatoms. The summed E-state index contributed by atoms with van der Waals surface area (Å²) in [4.78, 5) is 24.8. The molecule has 4 atom stereocenters. The number of carbonyl (C=O) groups is 1. The Bertz CT molecular complexity index is 900. The molecule has 7 nitrogen and oxygen atoms in total. The number of nitrogens with zero attached hydrogens (tertiary/aromatic N) is 1. The van der Waals surface area contributed by atoms with E-state index in [0.717, 1.165) is 5.56 Å². The number of hydrogen-bond donors (Lipinski definition) is 2. The van der Waals surface area contributed by atoms with Gasteiger partial charge in [0.2, 0.25) is 0 Å². The van der Waals surface area contributed by atoms with Gasteiger partial charge < -0.3 is 10.1 Å². The zero-order valence-electron chi connectivity index (χ0n) is 14.4. The van der Waals surface area contributed by atoms with Gasteiger partial charge >= 0.3 is 0 Å². The lowest BCUT2D eigenvalue weighted by Gasteiger charge is -2.25. The number of amides is 1. The first-order valence-electron chi connectivity index (χ1n) is 8.45. The number of nitro groups is 1. The van der Waals surface area contributed by atoms with E-state index in [1.54, 1.807) is 37.4 Å². The molecule has 134 valence electrons. The number of ether oxygens (including phenoxy) is 1. The molecule has 0 radical (unpaired) electrons. The monoisotopic (exact) mass is 353 g/mol. The predicted molar refractivity (Wildman–Crippen MR) is 95.9 cm³/mol. The van der Waals surface area contributed by atoms with Crippen molar-refractivity contribution in [1.82, 2.24) is 5.32 Å². The molecule has 1 spiro atoms. The van der Waals surface area contributed by atoms with Crippen LogP contribution in [0.3, 0.4) is 0 Å². The summed E-state index contributed by atoms with van der Waals surface area (Å²) < 4.78 is 5.43. The van der Waals surface area contributed by atoms with Crippen LogP contribution in [0.1, 0.15) is 24.0 Å². The lowest BCUT2D eigenvalue weighted by Crippen LogP contribution is -2.54. The van der Waals surface area contributed by atoms with Crippen molar-refractivity contribution >= 4 is 11.6 Å². The molecule has 4 rings (SSSR count). The summed E-state index contributed by atoms with van der Waals surface area (Å²) >= 11 is 0. The summed E-state index contributed by atoms with van der Waals surface area (Å²) in [7, 11) is 1.54. The average Bonchev–Trinajstić information content (AvgIpc) is 3.10. The standard InChI is InChI=1S/C19H19N3O4/c1-11-16(12-7-3-6-10-15(12)26-2)17(22(24)25)19(21-11)13-8-4-5-9-14(13)20-18(19)23/h3-11,16-17,21H,1-2H3,(H,20,23)/t11-,16-,17+,19-/m0/s1. The Morgan fingerprint density at radius 3 is 2.58 bits per heavy atom. The van der Waals surface area contributed by atoms with Crippen LogP contribution in [0.5, 0.6) is 5.75 Å². The summed E-state index contributed by atoms with van der Waals surface area (Å²) in [5.74, 6) is -0.315. The van der Waals surface area contributed by atoms with Crippen LogP contribution >= 0.6 is 0 Å². The Morgan fingerprint density at radius 1 is 1.15 bits per heavy atom. The van der Waals surface area contributed by atoms with E-state index in [4.69, 9.17) is 4.74 Å². The van der Waals surface area contributed by atoms with E-state index in [0.29, 0.717) is 17.0 Å². The topological polar surface area (TPSA) is 93.5 Å². The van der Waals surface area contributed by atoms with Gasteiger partial charge in [0.15, 0.2) is 5.54 Å². The number of nitrogens with one attached hydrogen (secondary N) is 2. The number of para-hydroxylation sites is 2. The zero-order chi connectivity index (χ0) is 18.5. The third-order valence-electron chi connectivity index (χ3n) is 5.46. The van der Waals surface area contributed by atoms with Crippen molar-refractivity contribution in [2.24, 2.45) is 0 Å². The highest BCUT2D eigenvalue weighted by molar-refractivity contribution is 6.07. The smallest absolute Gasteiger partial charge is 0.256 e. The number of hydrogen-bond acceptors (Lipinski definition) is 5. The number of fused-ring (bicyclic) bond motifs is 2. The first-order valence-corrected chi connectivity index (χ1v) is 8.45. The number of benzene rings is 2. The molecule has 2 aromatic rings. The quantitative estimate of drug-likeness (QED) is 0.652. The van der Waals surface area contributed by atoms with Gasteiger partial charge in [-0.05, 0) is 19.1 Å². The Morgan fingerprint density at radius 2 is 1.85 bits per heavy atom. The largest absolute Gasteiger partial charge is 0.496 e. The highest BCUT2D eigenvalue weighted by atomic mass is 16.6. The van der Waals surface area contributed by atoms with E-state index in [1.165, 1.54) is 0 Å². The number of carbonyl (C=O) groups excluding carboxylic acids is 1. The van der Waals surface area contributed by atoms with Crippen LogP contribution in [0.2, 0.25) is 0 Å². The maximum atomic E-state index is 12.9. The molecule has 0 aliphatic carbocycles. The van der Waals surface area contributed by atoms with Crippen LogP contribution < -0.4 is 15.4 Å². The summed E-state index contributed by atoms with van der Waals surface area (Å²) in [5.41, 5.74) is 0.566. The Labute approximate surface area is 150 Å². The van der Waals surface area contributed by atoms with Crippen molar-refractivity contribution in [2.45, 2.75) is 30.5 Å². The van der Waals surface area contributed by atoms with Crippen molar-refractivity contribution < 1.29 is 14.5 Å². The molecule has 0 aromatic heterocycles. The predicted octanol–water partition coefficient (Wildman–Crippen LogP) is 2.26. The zero-order valence-corrected chi connectivity index (χ0v) is 14.4. The number of rotatable bonds is 3. The first-order chi connectivity index (χ1) is 12.5. The van der Waals surface area contributed by atoms with Crippen LogP contribution in [0.15, 0.2) is 48.5 Å².